The van der Waals surface area contributed by atoms with Gasteiger partial charge in [0, 0.05) is 6.54 Å². The van der Waals surface area contributed by atoms with E-state index in [-0.39, 0.29) is 18.0 Å². The molecule has 3 rings (SSSR count). The van der Waals surface area contributed by atoms with Crippen LogP contribution in [0, 0.1) is 11.7 Å². The van der Waals surface area contributed by atoms with Crippen molar-refractivity contribution < 1.29 is 27.1 Å². The number of azo groups is 1. The van der Waals surface area contributed by atoms with Gasteiger partial charge in [-0.05, 0) is 30.2 Å². The zero-order valence-electron chi connectivity index (χ0n) is 12.8. The number of carbonyl (C=O) groups is 1. The van der Waals surface area contributed by atoms with Crippen LogP contribution in [0.3, 0.4) is 0 Å². The van der Waals surface area contributed by atoms with Gasteiger partial charge in [-0.3, -0.25) is 4.79 Å². The Labute approximate surface area is 134 Å². The van der Waals surface area contributed by atoms with Gasteiger partial charge < -0.3 is 9.64 Å². The number of fused-ring (bicyclic) bond motifs is 1. The zero-order valence-corrected chi connectivity index (χ0v) is 12.8. The maximum absolute atomic E-state index is 13.8. The molecule has 5 nitrogen and oxygen atoms in total. The second-order valence-corrected chi connectivity index (χ2v) is 5.57. The van der Waals surface area contributed by atoms with Gasteiger partial charge in [0.25, 0.3) is 5.91 Å². The molecule has 0 N–H and O–H groups in total. The highest BCUT2D eigenvalue weighted by molar-refractivity contribution is 5.83. The smallest absolute Gasteiger partial charge is 0.406 e. The third kappa shape index (κ3) is 2.53. The second-order valence-electron chi connectivity index (χ2n) is 5.57. The number of amides is 1. The lowest BCUT2D eigenvalue weighted by atomic mass is 10.0. The zero-order chi connectivity index (χ0) is 17.6. The van der Waals surface area contributed by atoms with E-state index in [1.54, 1.807) is 6.92 Å². The fourth-order valence-electron chi connectivity index (χ4n) is 3.05. The molecule has 0 saturated carbocycles. The predicted octanol–water partition coefficient (Wildman–Crippen LogP) is 3.72. The predicted molar refractivity (Wildman–Crippen MR) is 74.4 cm³/mol. The van der Waals surface area contributed by atoms with Crippen LogP contribution in [0.2, 0.25) is 0 Å². The van der Waals surface area contributed by atoms with Crippen molar-refractivity contribution in [3.8, 4) is 5.75 Å². The number of rotatable bonds is 2. The van der Waals surface area contributed by atoms with Gasteiger partial charge in [0.2, 0.25) is 0 Å². The van der Waals surface area contributed by atoms with Gasteiger partial charge in [-0.25, -0.2) is 4.39 Å². The highest BCUT2D eigenvalue weighted by Gasteiger charge is 2.51. The molecule has 0 aromatic heterocycles. The van der Waals surface area contributed by atoms with Crippen molar-refractivity contribution in [3.63, 3.8) is 0 Å². The van der Waals surface area contributed by atoms with Crippen molar-refractivity contribution >= 4 is 5.91 Å². The molecule has 2 aliphatic rings. The van der Waals surface area contributed by atoms with E-state index < -0.39 is 29.9 Å². The third-order valence-corrected chi connectivity index (χ3v) is 4.22. The van der Waals surface area contributed by atoms with Crippen LogP contribution in [-0.4, -0.2) is 24.1 Å². The molecule has 0 spiro atoms. The summed E-state index contributed by atoms with van der Waals surface area (Å²) in [5, 5.41) is 6.37. The van der Waals surface area contributed by atoms with E-state index in [1.807, 2.05) is 0 Å². The minimum Gasteiger partial charge on any atom is -0.494 e. The molecule has 0 bridgehead atoms. The summed E-state index contributed by atoms with van der Waals surface area (Å²) >= 11 is 0. The fourth-order valence-corrected chi connectivity index (χ4v) is 3.05. The normalized spacial score (nSPS) is 23.3. The summed E-state index contributed by atoms with van der Waals surface area (Å²) in [6.07, 6.45) is -3.84. The molecule has 24 heavy (non-hydrogen) atoms. The lowest BCUT2D eigenvalue weighted by Crippen LogP contribution is -2.39. The number of hydrogen-bond acceptors (Lipinski definition) is 4. The first-order valence-electron chi connectivity index (χ1n) is 7.08. The summed E-state index contributed by atoms with van der Waals surface area (Å²) in [5.74, 6) is -4.29. The molecule has 2 aliphatic heterocycles. The Balaban J connectivity index is 2.00. The van der Waals surface area contributed by atoms with E-state index in [9.17, 15) is 22.4 Å². The van der Waals surface area contributed by atoms with Gasteiger partial charge in [-0.2, -0.15) is 18.3 Å². The van der Waals surface area contributed by atoms with Gasteiger partial charge in [0.1, 0.15) is 0 Å². The average Bonchev–Trinajstić information content (AvgIpc) is 2.81. The molecule has 0 saturated heterocycles. The Morgan fingerprint density at radius 3 is 2.67 bits per heavy atom. The Morgan fingerprint density at radius 1 is 1.33 bits per heavy atom. The molecule has 2 heterocycles. The minimum atomic E-state index is -4.78. The Morgan fingerprint density at radius 2 is 2.04 bits per heavy atom. The van der Waals surface area contributed by atoms with Crippen molar-refractivity contribution in [2.24, 2.45) is 16.1 Å². The van der Waals surface area contributed by atoms with Crippen LogP contribution < -0.4 is 4.74 Å². The number of carbonyl (C=O) groups excluding carboxylic acids is 1. The lowest BCUT2D eigenvalue weighted by Gasteiger charge is -2.32. The van der Waals surface area contributed by atoms with Crippen LogP contribution >= 0.6 is 0 Å². The molecule has 128 valence electrons. The molecule has 2 atom stereocenters. The molecule has 1 aromatic carbocycles. The fraction of sp³-hybridized carbons (Fsp3) is 0.400. The molecule has 0 fully saturated rings. The largest absolute Gasteiger partial charge is 0.494 e. The van der Waals surface area contributed by atoms with Crippen LogP contribution in [-0.2, 0) is 11.3 Å². The Kier molecular flexibility index (Phi) is 3.81. The van der Waals surface area contributed by atoms with Gasteiger partial charge in [0.15, 0.2) is 17.5 Å². The monoisotopic (exact) mass is 343 g/mol. The molecule has 9 heteroatoms. The van der Waals surface area contributed by atoms with Crippen LogP contribution in [0.1, 0.15) is 24.1 Å². The Hall–Kier alpha value is -2.45. The van der Waals surface area contributed by atoms with Crippen LogP contribution in [0.4, 0.5) is 17.6 Å². The lowest BCUT2D eigenvalue weighted by molar-refractivity contribution is -0.177. The first-order valence-corrected chi connectivity index (χ1v) is 7.08. The standard InChI is InChI=1S/C15H13F4N3O2/c1-7-9-4-12(24-2)10(16)3-8(9)6-22(7)11-5-20-21-14(23)13(11)15(17,18)19/h3-5,7,13H,6H2,1-2H3. The van der Waals surface area contributed by atoms with E-state index >= 15 is 0 Å². The minimum absolute atomic E-state index is 0.0169. The maximum Gasteiger partial charge on any atom is 0.406 e. The van der Waals surface area contributed by atoms with E-state index in [2.05, 4.69) is 10.2 Å². The Bertz CT molecular complexity index is 758. The van der Waals surface area contributed by atoms with Crippen LogP contribution in [0.15, 0.2) is 34.3 Å². The maximum atomic E-state index is 13.8. The van der Waals surface area contributed by atoms with Crippen molar-refractivity contribution in [2.45, 2.75) is 25.7 Å². The number of methoxy groups -OCH3 is 1. The van der Waals surface area contributed by atoms with Crippen LogP contribution in [0.25, 0.3) is 0 Å². The summed E-state index contributed by atoms with van der Waals surface area (Å²) in [7, 11) is 1.31. The van der Waals surface area contributed by atoms with Crippen molar-refractivity contribution in [2.75, 3.05) is 7.11 Å². The number of benzene rings is 1. The van der Waals surface area contributed by atoms with Gasteiger partial charge in [0.05, 0.1) is 25.0 Å². The number of nitrogens with zero attached hydrogens (tertiary/aromatic N) is 3. The van der Waals surface area contributed by atoms with Crippen LogP contribution in [0.5, 0.6) is 5.75 Å². The molecular formula is C15H13F4N3O2. The first kappa shape index (κ1) is 16.4. The molecular weight excluding hydrogens is 330 g/mol. The quantitative estimate of drug-likeness (QED) is 0.769. The molecule has 1 amide bonds. The van der Waals surface area contributed by atoms with E-state index in [0.717, 1.165) is 6.20 Å². The summed E-state index contributed by atoms with van der Waals surface area (Å²) in [5.41, 5.74) is 0.896. The summed E-state index contributed by atoms with van der Waals surface area (Å²) < 4.78 is 58.6. The molecule has 0 aliphatic carbocycles. The average molecular weight is 343 g/mol. The number of hydrogen-bond donors (Lipinski definition) is 0. The summed E-state index contributed by atoms with van der Waals surface area (Å²) in [4.78, 5) is 13.0. The van der Waals surface area contributed by atoms with Crippen molar-refractivity contribution in [1.82, 2.24) is 4.90 Å². The van der Waals surface area contributed by atoms with Crippen molar-refractivity contribution in [3.05, 3.63) is 41.0 Å². The topological polar surface area (TPSA) is 54.3 Å². The van der Waals surface area contributed by atoms with Gasteiger partial charge in [-0.15, -0.1) is 5.11 Å². The second kappa shape index (κ2) is 5.57. The van der Waals surface area contributed by atoms with E-state index in [0.29, 0.717) is 11.1 Å². The van der Waals surface area contributed by atoms with E-state index in [1.165, 1.54) is 24.1 Å². The number of alkyl halides is 3. The third-order valence-electron chi connectivity index (χ3n) is 4.22. The molecule has 1 aromatic rings. The summed E-state index contributed by atoms with van der Waals surface area (Å²) in [6.45, 7) is 1.71. The van der Waals surface area contributed by atoms with Crippen molar-refractivity contribution in [1.29, 1.82) is 0 Å². The first-order chi connectivity index (χ1) is 11.2. The highest BCUT2D eigenvalue weighted by Crippen LogP contribution is 2.44. The number of ether oxygens (including phenoxy) is 1. The molecule has 2 unspecified atom stereocenters. The SMILES string of the molecule is COc1cc2c(cc1F)CN(C1=CN=NC(=O)C1C(F)(F)F)C2C. The summed E-state index contributed by atoms with van der Waals surface area (Å²) in [6, 6.07) is 2.21. The molecule has 0 radical (unpaired) electrons. The van der Waals surface area contributed by atoms with E-state index in [4.69, 9.17) is 4.74 Å². The van der Waals surface area contributed by atoms with Gasteiger partial charge >= 0.3 is 6.18 Å². The van der Waals surface area contributed by atoms with Gasteiger partial charge in [-0.1, -0.05) is 0 Å². The number of halogens is 4. The highest BCUT2D eigenvalue weighted by atomic mass is 19.4.